The van der Waals surface area contributed by atoms with Gasteiger partial charge in [-0.2, -0.15) is 11.8 Å². The van der Waals surface area contributed by atoms with Crippen LogP contribution in [0, 0.1) is 0 Å². The molecule has 0 aromatic heterocycles. The molecule has 2 aliphatic heterocycles. The zero-order chi connectivity index (χ0) is 19.1. The number of ether oxygens (including phenoxy) is 1. The van der Waals surface area contributed by atoms with Crippen LogP contribution in [-0.2, 0) is 17.8 Å². The summed E-state index contributed by atoms with van der Waals surface area (Å²) in [5.74, 6) is 2.16. The summed E-state index contributed by atoms with van der Waals surface area (Å²) >= 11 is 2.07. The monoisotopic (exact) mass is 390 g/mol. The van der Waals surface area contributed by atoms with Gasteiger partial charge in [0.15, 0.2) is 5.96 Å². The van der Waals surface area contributed by atoms with Crippen LogP contribution in [0.3, 0.4) is 0 Å². The quantitative estimate of drug-likeness (QED) is 0.578. The zero-order valence-corrected chi connectivity index (χ0v) is 17.8. The van der Waals surface area contributed by atoms with Gasteiger partial charge in [0.25, 0.3) is 0 Å². The van der Waals surface area contributed by atoms with Gasteiger partial charge >= 0.3 is 0 Å². The molecule has 2 saturated heterocycles. The van der Waals surface area contributed by atoms with E-state index >= 15 is 0 Å². The fraction of sp³-hybridized carbons (Fsp3) is 0.667. The van der Waals surface area contributed by atoms with Gasteiger partial charge < -0.3 is 15.4 Å². The summed E-state index contributed by atoms with van der Waals surface area (Å²) in [6.45, 7) is 10.1. The lowest BCUT2D eigenvalue weighted by Crippen LogP contribution is -2.43. The average Bonchev–Trinajstić information content (AvgIpc) is 3.09. The van der Waals surface area contributed by atoms with Gasteiger partial charge in [-0.25, -0.2) is 0 Å². The Bertz CT molecular complexity index is 630. The van der Waals surface area contributed by atoms with Gasteiger partial charge in [-0.15, -0.1) is 0 Å². The summed E-state index contributed by atoms with van der Waals surface area (Å²) < 4.78 is 5.98. The Morgan fingerprint density at radius 3 is 2.96 bits per heavy atom. The number of rotatable bonds is 6. The predicted molar refractivity (Wildman–Crippen MR) is 115 cm³/mol. The molecule has 2 fully saturated rings. The van der Waals surface area contributed by atoms with E-state index in [2.05, 4.69) is 70.4 Å². The van der Waals surface area contributed by atoms with E-state index in [4.69, 9.17) is 4.74 Å². The Balaban J connectivity index is 1.48. The van der Waals surface area contributed by atoms with Gasteiger partial charge in [0.1, 0.15) is 0 Å². The summed E-state index contributed by atoms with van der Waals surface area (Å²) in [6.07, 6.45) is 2.94. The van der Waals surface area contributed by atoms with E-state index in [1.165, 1.54) is 29.7 Å². The highest BCUT2D eigenvalue weighted by molar-refractivity contribution is 8.00. The van der Waals surface area contributed by atoms with Crippen molar-refractivity contribution in [1.82, 2.24) is 15.5 Å². The Morgan fingerprint density at radius 1 is 1.37 bits per heavy atom. The van der Waals surface area contributed by atoms with Crippen molar-refractivity contribution in [3.05, 3.63) is 35.4 Å². The Labute approximate surface area is 168 Å². The van der Waals surface area contributed by atoms with Crippen molar-refractivity contribution in [2.45, 2.75) is 50.6 Å². The van der Waals surface area contributed by atoms with E-state index in [0.717, 1.165) is 45.3 Å². The highest BCUT2D eigenvalue weighted by Crippen LogP contribution is 2.36. The van der Waals surface area contributed by atoms with Crippen LogP contribution < -0.4 is 10.6 Å². The van der Waals surface area contributed by atoms with Crippen molar-refractivity contribution in [1.29, 1.82) is 0 Å². The maximum absolute atomic E-state index is 5.64. The molecule has 3 rings (SSSR count). The first-order valence-electron chi connectivity index (χ1n) is 10.1. The minimum absolute atomic E-state index is 0.331. The van der Waals surface area contributed by atoms with E-state index in [-0.39, 0.29) is 0 Å². The van der Waals surface area contributed by atoms with E-state index in [9.17, 15) is 0 Å². The van der Waals surface area contributed by atoms with Gasteiger partial charge in [0.2, 0.25) is 0 Å². The SMILES string of the molecule is CN=C(NCc1cccc(CN2CCOC(C)C2)c1)NCC1(C)CCCS1. The van der Waals surface area contributed by atoms with E-state index in [0.29, 0.717) is 10.9 Å². The van der Waals surface area contributed by atoms with Crippen molar-refractivity contribution in [3.8, 4) is 0 Å². The molecule has 2 unspecified atom stereocenters. The first-order valence-corrected chi connectivity index (χ1v) is 11.1. The summed E-state index contributed by atoms with van der Waals surface area (Å²) in [5.41, 5.74) is 2.65. The molecular weight excluding hydrogens is 356 g/mol. The molecule has 1 aromatic carbocycles. The first-order chi connectivity index (χ1) is 13.1. The first kappa shape index (κ1) is 20.5. The third-order valence-corrected chi connectivity index (χ3v) is 6.87. The van der Waals surface area contributed by atoms with Gasteiger partial charge in [0.05, 0.1) is 12.7 Å². The molecule has 2 atom stereocenters. The van der Waals surface area contributed by atoms with Crippen molar-refractivity contribution in [3.63, 3.8) is 0 Å². The molecule has 27 heavy (non-hydrogen) atoms. The fourth-order valence-electron chi connectivity index (χ4n) is 3.78. The lowest BCUT2D eigenvalue weighted by atomic mass is 10.1. The second-order valence-electron chi connectivity index (χ2n) is 7.92. The number of benzene rings is 1. The van der Waals surface area contributed by atoms with Crippen molar-refractivity contribution < 1.29 is 4.74 Å². The second kappa shape index (κ2) is 9.80. The minimum Gasteiger partial charge on any atom is -0.376 e. The molecule has 0 aliphatic carbocycles. The molecule has 0 bridgehead atoms. The maximum Gasteiger partial charge on any atom is 0.191 e. The lowest BCUT2D eigenvalue weighted by molar-refractivity contribution is -0.0212. The number of nitrogens with one attached hydrogen (secondary N) is 2. The standard InChI is InChI=1S/C21H34N4OS/c1-17-14-25(9-10-26-17)15-19-7-4-6-18(12-19)13-23-20(22-3)24-16-21(2)8-5-11-27-21/h4,6-7,12,17H,5,8-11,13-16H2,1-3H3,(H2,22,23,24). The number of nitrogens with zero attached hydrogens (tertiary/aromatic N) is 2. The van der Waals surface area contributed by atoms with Crippen LogP contribution in [0.15, 0.2) is 29.3 Å². The number of hydrogen-bond acceptors (Lipinski definition) is 4. The lowest BCUT2D eigenvalue weighted by Gasteiger charge is -2.31. The van der Waals surface area contributed by atoms with Crippen LogP contribution in [0.25, 0.3) is 0 Å². The molecule has 150 valence electrons. The molecule has 2 N–H and O–H groups in total. The molecular formula is C21H34N4OS. The summed E-state index contributed by atoms with van der Waals surface area (Å²) in [5, 5.41) is 6.96. The van der Waals surface area contributed by atoms with Gasteiger partial charge in [-0.1, -0.05) is 24.3 Å². The van der Waals surface area contributed by atoms with Gasteiger partial charge in [-0.05, 0) is 43.6 Å². The second-order valence-corrected chi connectivity index (χ2v) is 9.60. The number of hydrogen-bond donors (Lipinski definition) is 2. The molecule has 1 aromatic rings. The molecule has 2 aliphatic rings. The normalized spacial score (nSPS) is 26.9. The van der Waals surface area contributed by atoms with Crippen LogP contribution in [0.5, 0.6) is 0 Å². The summed E-state index contributed by atoms with van der Waals surface area (Å²) in [6, 6.07) is 8.85. The van der Waals surface area contributed by atoms with Crippen LogP contribution in [0.1, 0.15) is 37.8 Å². The van der Waals surface area contributed by atoms with E-state index < -0.39 is 0 Å². The van der Waals surface area contributed by atoms with E-state index in [1.807, 2.05) is 7.05 Å². The van der Waals surface area contributed by atoms with Crippen LogP contribution >= 0.6 is 11.8 Å². The topological polar surface area (TPSA) is 48.9 Å². The third-order valence-electron chi connectivity index (χ3n) is 5.34. The molecule has 2 heterocycles. The van der Waals surface area contributed by atoms with Gasteiger partial charge in [-0.3, -0.25) is 9.89 Å². The average molecular weight is 391 g/mol. The number of aliphatic imine (C=N–C) groups is 1. The summed E-state index contributed by atoms with van der Waals surface area (Å²) in [7, 11) is 1.84. The molecule has 0 amide bonds. The zero-order valence-electron chi connectivity index (χ0n) is 17.0. The number of morpholine rings is 1. The van der Waals surface area contributed by atoms with Crippen LogP contribution in [0.4, 0.5) is 0 Å². The highest BCUT2D eigenvalue weighted by Gasteiger charge is 2.29. The van der Waals surface area contributed by atoms with Crippen molar-refractivity contribution in [2.24, 2.45) is 4.99 Å². The largest absolute Gasteiger partial charge is 0.376 e. The molecule has 6 heteroatoms. The third kappa shape index (κ3) is 6.40. The predicted octanol–water partition coefficient (Wildman–Crippen LogP) is 2.86. The number of thioether (sulfide) groups is 1. The molecule has 0 saturated carbocycles. The van der Waals surface area contributed by atoms with Gasteiger partial charge in [0, 0.05) is 44.5 Å². The van der Waals surface area contributed by atoms with E-state index in [1.54, 1.807) is 0 Å². The fourth-order valence-corrected chi connectivity index (χ4v) is 5.03. The Kier molecular flexibility index (Phi) is 7.44. The molecule has 0 radical (unpaired) electrons. The Morgan fingerprint density at radius 2 is 2.22 bits per heavy atom. The Hall–Kier alpha value is -1.24. The minimum atomic E-state index is 0.331. The molecule has 0 spiro atoms. The van der Waals surface area contributed by atoms with Crippen molar-refractivity contribution in [2.75, 3.05) is 39.0 Å². The van der Waals surface area contributed by atoms with Crippen LogP contribution in [0.2, 0.25) is 0 Å². The molecule has 5 nitrogen and oxygen atoms in total. The smallest absolute Gasteiger partial charge is 0.191 e. The number of guanidine groups is 1. The van der Waals surface area contributed by atoms with Crippen LogP contribution in [-0.4, -0.2) is 60.8 Å². The summed E-state index contributed by atoms with van der Waals surface area (Å²) in [4.78, 5) is 6.86. The highest BCUT2D eigenvalue weighted by atomic mass is 32.2. The maximum atomic E-state index is 5.64. The van der Waals surface area contributed by atoms with Crippen molar-refractivity contribution >= 4 is 17.7 Å².